The summed E-state index contributed by atoms with van der Waals surface area (Å²) >= 11 is 0. The number of benzene rings is 1. The van der Waals surface area contributed by atoms with Crippen LogP contribution in [0.15, 0.2) is 36.5 Å². The number of aromatic carboxylic acids is 1. The molecule has 7 heteroatoms. The maximum absolute atomic E-state index is 12.3. The second-order valence-corrected chi connectivity index (χ2v) is 6.66. The van der Waals surface area contributed by atoms with Gasteiger partial charge in [-0.1, -0.05) is 19.9 Å². The van der Waals surface area contributed by atoms with Crippen molar-refractivity contribution in [3.8, 4) is 11.5 Å². The highest BCUT2D eigenvalue weighted by Gasteiger charge is 2.24. The number of carboxylic acid groups (broad SMARTS) is 1. The lowest BCUT2D eigenvalue weighted by atomic mass is 9.84. The Kier molecular flexibility index (Phi) is 4.79. The van der Waals surface area contributed by atoms with Gasteiger partial charge in [0.15, 0.2) is 11.5 Å². The third-order valence-corrected chi connectivity index (χ3v) is 4.26. The number of ether oxygens (including phenoxy) is 2. The first kappa shape index (κ1) is 17.7. The molecule has 0 radical (unpaired) electrons. The number of amides is 1. The second kappa shape index (κ2) is 7.03. The van der Waals surface area contributed by atoms with E-state index in [1.165, 1.54) is 18.3 Å². The van der Waals surface area contributed by atoms with Crippen molar-refractivity contribution in [1.29, 1.82) is 0 Å². The quantitative estimate of drug-likeness (QED) is 0.853. The van der Waals surface area contributed by atoms with Crippen LogP contribution in [0.1, 0.15) is 40.3 Å². The monoisotopic (exact) mass is 356 g/mol. The Morgan fingerprint density at radius 2 is 1.88 bits per heavy atom. The van der Waals surface area contributed by atoms with Crippen LogP contribution in [0, 0.1) is 0 Å². The molecule has 1 aliphatic heterocycles. The minimum absolute atomic E-state index is 0.0989. The summed E-state index contributed by atoms with van der Waals surface area (Å²) in [7, 11) is 0. The molecule has 0 fully saturated rings. The first-order chi connectivity index (χ1) is 12.4. The van der Waals surface area contributed by atoms with Crippen LogP contribution in [-0.4, -0.2) is 41.7 Å². The topological polar surface area (TPSA) is 97.8 Å². The number of nitrogens with one attached hydrogen (secondary N) is 1. The predicted molar refractivity (Wildman–Crippen MR) is 94.0 cm³/mol. The molecule has 1 aromatic heterocycles. The molecule has 2 heterocycles. The van der Waals surface area contributed by atoms with Crippen molar-refractivity contribution in [2.45, 2.75) is 19.3 Å². The Balaban J connectivity index is 1.67. The highest BCUT2D eigenvalue weighted by atomic mass is 16.6. The Bertz CT molecular complexity index is 830. The Morgan fingerprint density at radius 1 is 1.15 bits per heavy atom. The molecule has 2 aromatic rings. The minimum atomic E-state index is -1.13. The number of fused-ring (bicyclic) bond motifs is 1. The van der Waals surface area contributed by atoms with Crippen LogP contribution in [0.25, 0.3) is 0 Å². The van der Waals surface area contributed by atoms with Gasteiger partial charge in [-0.05, 0) is 29.8 Å². The molecule has 0 unspecified atom stereocenters. The molecular weight excluding hydrogens is 336 g/mol. The van der Waals surface area contributed by atoms with Crippen LogP contribution >= 0.6 is 0 Å². The van der Waals surface area contributed by atoms with Crippen molar-refractivity contribution in [2.75, 3.05) is 19.8 Å². The SMILES string of the molecule is CC(C)(CNC(=O)c1ccc(C(=O)O)nc1)c1ccc2c(c1)OCCO2. The average Bonchev–Trinajstić information content (AvgIpc) is 2.65. The molecule has 0 spiro atoms. The van der Waals surface area contributed by atoms with E-state index in [9.17, 15) is 9.59 Å². The van der Waals surface area contributed by atoms with Crippen molar-refractivity contribution >= 4 is 11.9 Å². The summed E-state index contributed by atoms with van der Waals surface area (Å²) in [6.07, 6.45) is 1.26. The van der Waals surface area contributed by atoms with Gasteiger partial charge in [0.05, 0.1) is 5.56 Å². The van der Waals surface area contributed by atoms with Crippen molar-refractivity contribution in [3.63, 3.8) is 0 Å². The van der Waals surface area contributed by atoms with Crippen LogP contribution in [0.4, 0.5) is 0 Å². The van der Waals surface area contributed by atoms with Crippen LogP contribution in [0.2, 0.25) is 0 Å². The van der Waals surface area contributed by atoms with Gasteiger partial charge < -0.3 is 19.9 Å². The fraction of sp³-hybridized carbons (Fsp3) is 0.316. The zero-order chi connectivity index (χ0) is 18.7. The molecule has 0 saturated carbocycles. The van der Waals surface area contributed by atoms with Gasteiger partial charge in [-0.3, -0.25) is 4.79 Å². The third kappa shape index (κ3) is 3.77. The average molecular weight is 356 g/mol. The van der Waals surface area contributed by atoms with E-state index in [-0.39, 0.29) is 17.0 Å². The van der Waals surface area contributed by atoms with Crippen LogP contribution < -0.4 is 14.8 Å². The summed E-state index contributed by atoms with van der Waals surface area (Å²) in [5, 5.41) is 11.7. The van der Waals surface area contributed by atoms with Gasteiger partial charge >= 0.3 is 5.97 Å². The molecule has 0 aliphatic carbocycles. The summed E-state index contributed by atoms with van der Waals surface area (Å²) < 4.78 is 11.1. The molecule has 0 saturated heterocycles. The highest BCUT2D eigenvalue weighted by molar-refractivity contribution is 5.94. The zero-order valence-corrected chi connectivity index (χ0v) is 14.6. The molecule has 136 valence electrons. The van der Waals surface area contributed by atoms with Gasteiger partial charge in [0, 0.05) is 18.2 Å². The van der Waals surface area contributed by atoms with Crippen LogP contribution in [0.3, 0.4) is 0 Å². The Morgan fingerprint density at radius 3 is 2.54 bits per heavy atom. The van der Waals surface area contributed by atoms with Gasteiger partial charge in [-0.15, -0.1) is 0 Å². The van der Waals surface area contributed by atoms with Crippen molar-refractivity contribution in [1.82, 2.24) is 10.3 Å². The molecule has 26 heavy (non-hydrogen) atoms. The van der Waals surface area contributed by atoms with Gasteiger partial charge in [0.2, 0.25) is 0 Å². The summed E-state index contributed by atoms with van der Waals surface area (Å²) in [6, 6.07) is 8.53. The number of rotatable bonds is 5. The highest BCUT2D eigenvalue weighted by Crippen LogP contribution is 2.34. The van der Waals surface area contributed by atoms with E-state index in [0.29, 0.717) is 31.1 Å². The van der Waals surface area contributed by atoms with E-state index >= 15 is 0 Å². The summed E-state index contributed by atoms with van der Waals surface area (Å²) in [6.45, 7) is 5.49. The molecule has 1 aromatic carbocycles. The first-order valence-electron chi connectivity index (χ1n) is 8.24. The van der Waals surface area contributed by atoms with Gasteiger partial charge in [0.25, 0.3) is 5.91 Å². The number of carbonyl (C=O) groups excluding carboxylic acids is 1. The number of hydrogen-bond acceptors (Lipinski definition) is 5. The second-order valence-electron chi connectivity index (χ2n) is 6.66. The van der Waals surface area contributed by atoms with E-state index < -0.39 is 5.97 Å². The lowest BCUT2D eigenvalue weighted by Crippen LogP contribution is -2.36. The Labute approximate surface area is 151 Å². The molecule has 1 amide bonds. The number of carbonyl (C=O) groups is 2. The van der Waals surface area contributed by atoms with E-state index in [2.05, 4.69) is 10.3 Å². The number of hydrogen-bond donors (Lipinski definition) is 2. The van der Waals surface area contributed by atoms with E-state index in [0.717, 1.165) is 11.3 Å². The first-order valence-corrected chi connectivity index (χ1v) is 8.24. The lowest BCUT2D eigenvalue weighted by molar-refractivity contribution is 0.0689. The molecule has 0 atom stereocenters. The van der Waals surface area contributed by atoms with E-state index in [1.54, 1.807) is 0 Å². The van der Waals surface area contributed by atoms with Gasteiger partial charge in [-0.2, -0.15) is 0 Å². The van der Waals surface area contributed by atoms with Crippen LogP contribution in [0.5, 0.6) is 11.5 Å². The molecule has 7 nitrogen and oxygen atoms in total. The van der Waals surface area contributed by atoms with Crippen molar-refractivity contribution in [3.05, 3.63) is 53.3 Å². The smallest absolute Gasteiger partial charge is 0.354 e. The van der Waals surface area contributed by atoms with E-state index in [4.69, 9.17) is 14.6 Å². The predicted octanol–water partition coefficient (Wildman–Crippen LogP) is 2.26. The number of nitrogens with zero attached hydrogens (tertiary/aromatic N) is 1. The normalized spacial score (nSPS) is 13.2. The number of pyridine rings is 1. The van der Waals surface area contributed by atoms with E-state index in [1.807, 2.05) is 32.0 Å². The van der Waals surface area contributed by atoms with Gasteiger partial charge in [-0.25, -0.2) is 9.78 Å². The minimum Gasteiger partial charge on any atom is -0.486 e. The molecule has 3 rings (SSSR count). The zero-order valence-electron chi connectivity index (χ0n) is 14.6. The standard InChI is InChI=1S/C19H20N2O5/c1-19(2,13-4-6-15-16(9-13)26-8-7-25-15)11-21-17(22)12-3-5-14(18(23)24)20-10-12/h3-6,9-10H,7-8,11H2,1-2H3,(H,21,22)(H,23,24). The van der Waals surface area contributed by atoms with Crippen molar-refractivity contribution in [2.24, 2.45) is 0 Å². The molecule has 1 aliphatic rings. The summed E-state index contributed by atoms with van der Waals surface area (Å²) in [5.41, 5.74) is 0.896. The number of carboxylic acids is 1. The fourth-order valence-corrected chi connectivity index (χ4v) is 2.62. The fourth-order valence-electron chi connectivity index (χ4n) is 2.62. The van der Waals surface area contributed by atoms with Crippen molar-refractivity contribution < 1.29 is 24.2 Å². The largest absolute Gasteiger partial charge is 0.486 e. The molecular formula is C19H20N2O5. The molecule has 0 bridgehead atoms. The van der Waals surface area contributed by atoms with Crippen LogP contribution in [-0.2, 0) is 5.41 Å². The molecule has 2 N–H and O–H groups in total. The third-order valence-electron chi connectivity index (χ3n) is 4.26. The summed E-state index contributed by atoms with van der Waals surface area (Å²) in [4.78, 5) is 26.9. The maximum Gasteiger partial charge on any atom is 0.354 e. The maximum atomic E-state index is 12.3. The van der Waals surface area contributed by atoms with Gasteiger partial charge in [0.1, 0.15) is 18.9 Å². The number of aromatic nitrogens is 1. The lowest BCUT2D eigenvalue weighted by Gasteiger charge is -2.27. The Hall–Kier alpha value is -3.09. The summed E-state index contributed by atoms with van der Waals surface area (Å²) in [5.74, 6) is 0.00259.